The molecular formula is C16H14F2N2O5. The fourth-order valence-electron chi connectivity index (χ4n) is 2.09. The number of alkyl halides is 2. The molecule has 0 heterocycles. The van der Waals surface area contributed by atoms with Crippen LogP contribution < -0.4 is 14.8 Å². The number of nitrogens with one attached hydrogen (secondary N) is 1. The number of carbonyl (C=O) groups is 1. The van der Waals surface area contributed by atoms with Gasteiger partial charge in [-0.25, -0.2) is 0 Å². The molecule has 2 rings (SSSR count). The second-order valence-corrected chi connectivity index (χ2v) is 4.96. The highest BCUT2D eigenvalue weighted by atomic mass is 19.3. The summed E-state index contributed by atoms with van der Waals surface area (Å²) in [6.07, 6.45) is 0. The van der Waals surface area contributed by atoms with Gasteiger partial charge in [-0.1, -0.05) is 6.07 Å². The minimum atomic E-state index is -3.08. The van der Waals surface area contributed by atoms with Crippen molar-refractivity contribution in [1.82, 2.24) is 0 Å². The van der Waals surface area contributed by atoms with Crippen molar-refractivity contribution in [3.05, 3.63) is 57.6 Å². The molecule has 0 aliphatic carbocycles. The highest BCUT2D eigenvalue weighted by Gasteiger charge is 2.16. The summed E-state index contributed by atoms with van der Waals surface area (Å²) in [7, 11) is 1.28. The summed E-state index contributed by atoms with van der Waals surface area (Å²) >= 11 is 0. The Hall–Kier alpha value is -3.23. The number of nitro benzene ring substituents is 1. The second kappa shape index (κ2) is 7.56. The number of hydrogen-bond acceptors (Lipinski definition) is 5. The van der Waals surface area contributed by atoms with E-state index in [0.717, 1.165) is 6.07 Å². The molecule has 25 heavy (non-hydrogen) atoms. The van der Waals surface area contributed by atoms with E-state index in [1.807, 2.05) is 0 Å². The second-order valence-electron chi connectivity index (χ2n) is 4.96. The van der Waals surface area contributed by atoms with Gasteiger partial charge >= 0.3 is 6.61 Å². The summed E-state index contributed by atoms with van der Waals surface area (Å²) in [5.74, 6) is -0.886. The fourth-order valence-corrected chi connectivity index (χ4v) is 2.09. The Kier molecular flexibility index (Phi) is 5.48. The number of nitro groups is 1. The Morgan fingerprint density at radius 3 is 2.52 bits per heavy atom. The lowest BCUT2D eigenvalue weighted by Gasteiger charge is -2.12. The first-order valence-electron chi connectivity index (χ1n) is 7.01. The molecule has 0 unspecified atom stereocenters. The third-order valence-electron chi connectivity index (χ3n) is 3.31. The van der Waals surface area contributed by atoms with Crippen LogP contribution in [0.4, 0.5) is 20.2 Å². The van der Waals surface area contributed by atoms with E-state index in [0.29, 0.717) is 5.56 Å². The maximum atomic E-state index is 12.4. The lowest BCUT2D eigenvalue weighted by atomic mass is 10.1. The van der Waals surface area contributed by atoms with Gasteiger partial charge in [-0.2, -0.15) is 8.78 Å². The lowest BCUT2D eigenvalue weighted by molar-refractivity contribution is -0.385. The number of methoxy groups -OCH3 is 1. The first kappa shape index (κ1) is 18.1. The van der Waals surface area contributed by atoms with E-state index >= 15 is 0 Å². The number of anilines is 1. The van der Waals surface area contributed by atoms with Gasteiger partial charge in [0.2, 0.25) is 0 Å². The molecule has 0 atom stereocenters. The molecule has 0 aliphatic heterocycles. The average Bonchev–Trinajstić information content (AvgIpc) is 2.55. The molecular weight excluding hydrogens is 338 g/mol. The van der Waals surface area contributed by atoms with Gasteiger partial charge in [0.15, 0.2) is 11.5 Å². The molecule has 1 amide bonds. The van der Waals surface area contributed by atoms with Crippen molar-refractivity contribution in [2.24, 2.45) is 0 Å². The third-order valence-corrected chi connectivity index (χ3v) is 3.31. The smallest absolute Gasteiger partial charge is 0.387 e. The molecule has 132 valence electrons. The molecule has 7 nitrogen and oxygen atoms in total. The van der Waals surface area contributed by atoms with Gasteiger partial charge in [-0.15, -0.1) is 0 Å². The topological polar surface area (TPSA) is 90.7 Å². The molecule has 0 saturated heterocycles. The molecule has 0 saturated carbocycles. The number of benzene rings is 2. The normalized spacial score (nSPS) is 10.4. The fraction of sp³-hybridized carbons (Fsp3) is 0.188. The minimum absolute atomic E-state index is 0.0275. The molecule has 2 aromatic rings. The number of rotatable bonds is 6. The van der Waals surface area contributed by atoms with E-state index in [2.05, 4.69) is 10.1 Å². The molecule has 0 spiro atoms. The molecule has 0 aliphatic rings. The molecule has 2 aromatic carbocycles. The van der Waals surface area contributed by atoms with E-state index in [4.69, 9.17) is 4.74 Å². The van der Waals surface area contributed by atoms with Gasteiger partial charge in [0, 0.05) is 22.9 Å². The van der Waals surface area contributed by atoms with E-state index in [-0.39, 0.29) is 28.4 Å². The molecule has 9 heteroatoms. The van der Waals surface area contributed by atoms with Crippen molar-refractivity contribution < 1.29 is 28.0 Å². The first-order valence-corrected chi connectivity index (χ1v) is 7.01. The van der Waals surface area contributed by atoms with Crippen molar-refractivity contribution in [2.75, 3.05) is 12.4 Å². The maximum absolute atomic E-state index is 12.4. The molecule has 0 fully saturated rings. The number of aryl methyl sites for hydroxylation is 1. The van der Waals surface area contributed by atoms with Gasteiger partial charge in [-0.05, 0) is 31.2 Å². The SMILES string of the molecule is COc1ccc(C(=O)Nc2ccc(C)c([N+](=O)[O-])c2)cc1OC(F)F. The van der Waals surface area contributed by atoms with Crippen LogP contribution in [0.25, 0.3) is 0 Å². The van der Waals surface area contributed by atoms with Crippen LogP contribution in [0.3, 0.4) is 0 Å². The molecule has 0 bridgehead atoms. The zero-order valence-corrected chi connectivity index (χ0v) is 13.3. The van der Waals surface area contributed by atoms with Gasteiger partial charge in [-0.3, -0.25) is 14.9 Å². The van der Waals surface area contributed by atoms with E-state index < -0.39 is 17.4 Å². The average molecular weight is 352 g/mol. The number of nitrogens with zero attached hydrogens (tertiary/aromatic N) is 1. The Bertz CT molecular complexity index is 811. The summed E-state index contributed by atoms with van der Waals surface area (Å²) in [5.41, 5.74) is 0.531. The van der Waals surface area contributed by atoms with Crippen LogP contribution in [0.1, 0.15) is 15.9 Å². The van der Waals surface area contributed by atoms with Gasteiger partial charge in [0.05, 0.1) is 12.0 Å². The quantitative estimate of drug-likeness (QED) is 0.631. The highest BCUT2D eigenvalue weighted by Crippen LogP contribution is 2.30. The molecule has 0 radical (unpaired) electrons. The Morgan fingerprint density at radius 1 is 1.20 bits per heavy atom. The monoisotopic (exact) mass is 352 g/mol. The summed E-state index contributed by atoms with van der Waals surface area (Å²) in [6.45, 7) is -1.51. The predicted molar refractivity (Wildman–Crippen MR) is 85.4 cm³/mol. The van der Waals surface area contributed by atoms with Crippen molar-refractivity contribution >= 4 is 17.3 Å². The zero-order chi connectivity index (χ0) is 18.6. The lowest BCUT2D eigenvalue weighted by Crippen LogP contribution is -2.13. The maximum Gasteiger partial charge on any atom is 0.387 e. The standard InChI is InChI=1S/C16H14F2N2O5/c1-9-3-5-11(8-12(9)20(22)23)19-15(21)10-4-6-13(24-2)14(7-10)25-16(17)18/h3-8,16H,1-2H3,(H,19,21). The summed E-state index contributed by atoms with van der Waals surface area (Å²) in [5, 5.41) is 13.4. The largest absolute Gasteiger partial charge is 0.493 e. The Balaban J connectivity index is 2.26. The van der Waals surface area contributed by atoms with Crippen LogP contribution in [-0.4, -0.2) is 24.6 Å². The first-order chi connectivity index (χ1) is 11.8. The zero-order valence-electron chi connectivity index (χ0n) is 13.3. The van der Waals surface area contributed by atoms with Crippen LogP contribution in [0.2, 0.25) is 0 Å². The van der Waals surface area contributed by atoms with E-state index in [9.17, 15) is 23.7 Å². The van der Waals surface area contributed by atoms with Gasteiger partial charge in [0.25, 0.3) is 11.6 Å². The van der Waals surface area contributed by atoms with Crippen molar-refractivity contribution in [3.63, 3.8) is 0 Å². The summed E-state index contributed by atoms with van der Waals surface area (Å²) in [4.78, 5) is 22.6. The van der Waals surface area contributed by atoms with Crippen LogP contribution in [0.15, 0.2) is 36.4 Å². The number of ether oxygens (including phenoxy) is 2. The predicted octanol–water partition coefficient (Wildman–Crippen LogP) is 3.77. The number of hydrogen-bond donors (Lipinski definition) is 1. The number of halogens is 2. The van der Waals surface area contributed by atoms with E-state index in [1.54, 1.807) is 6.92 Å². The highest BCUT2D eigenvalue weighted by molar-refractivity contribution is 6.04. The third kappa shape index (κ3) is 4.40. The van der Waals surface area contributed by atoms with Crippen molar-refractivity contribution in [1.29, 1.82) is 0 Å². The Labute approximate surface area is 141 Å². The van der Waals surface area contributed by atoms with E-state index in [1.165, 1.54) is 37.4 Å². The summed E-state index contributed by atoms with van der Waals surface area (Å²) in [6, 6.07) is 7.98. The Morgan fingerprint density at radius 2 is 1.92 bits per heavy atom. The van der Waals surface area contributed by atoms with Crippen LogP contribution in [-0.2, 0) is 0 Å². The van der Waals surface area contributed by atoms with Crippen molar-refractivity contribution in [2.45, 2.75) is 13.5 Å². The van der Waals surface area contributed by atoms with Crippen LogP contribution in [0.5, 0.6) is 11.5 Å². The van der Waals surface area contributed by atoms with Gasteiger partial charge < -0.3 is 14.8 Å². The molecule has 1 N–H and O–H groups in total. The van der Waals surface area contributed by atoms with Gasteiger partial charge in [0.1, 0.15) is 0 Å². The van der Waals surface area contributed by atoms with Crippen LogP contribution in [0, 0.1) is 17.0 Å². The minimum Gasteiger partial charge on any atom is -0.493 e. The summed E-state index contributed by atoms with van der Waals surface area (Å²) < 4.78 is 34.1. The molecule has 0 aromatic heterocycles. The van der Waals surface area contributed by atoms with Crippen molar-refractivity contribution in [3.8, 4) is 11.5 Å². The van der Waals surface area contributed by atoms with Crippen LogP contribution >= 0.6 is 0 Å². The number of amides is 1. The number of carbonyl (C=O) groups excluding carboxylic acids is 1.